The molecule has 4 unspecified atom stereocenters. The molecule has 1 amide bonds. The molecule has 20 heavy (non-hydrogen) atoms. The molecule has 2 aliphatic carbocycles. The van der Waals surface area contributed by atoms with Crippen LogP contribution in [0, 0.1) is 17.8 Å². The van der Waals surface area contributed by atoms with Crippen molar-refractivity contribution < 1.29 is 13.6 Å². The number of nitrogens with one attached hydrogen (secondary N) is 1. The Labute approximate surface area is 122 Å². The predicted octanol–water partition coefficient (Wildman–Crippen LogP) is 2.87. The van der Waals surface area contributed by atoms with Gasteiger partial charge in [-0.3, -0.25) is 9.80 Å². The first-order valence-electron chi connectivity index (χ1n) is 7.34. The Morgan fingerprint density at radius 2 is 2.10 bits per heavy atom. The van der Waals surface area contributed by atoms with Gasteiger partial charge in [-0.15, -0.1) is 11.8 Å². The fraction of sp³-hybridized carbons (Fsp3) is 0.929. The molecule has 0 aromatic carbocycles. The largest absolute Gasteiger partial charge is 0.272 e. The molecule has 6 heteroatoms. The summed E-state index contributed by atoms with van der Waals surface area (Å²) < 4.78 is 26.6. The Morgan fingerprint density at radius 3 is 2.55 bits per heavy atom. The summed E-state index contributed by atoms with van der Waals surface area (Å²) in [4.78, 5) is 12.5. The molecule has 0 aromatic rings. The second kappa shape index (κ2) is 4.57. The third-order valence-electron chi connectivity index (χ3n) is 5.41. The molecule has 2 bridgehead atoms. The van der Waals surface area contributed by atoms with E-state index in [0.29, 0.717) is 18.7 Å². The number of fused-ring (bicyclic) bond motifs is 2. The van der Waals surface area contributed by atoms with Gasteiger partial charge in [0.25, 0.3) is 11.8 Å². The molecule has 1 aliphatic heterocycles. The molecule has 3 aliphatic rings. The highest BCUT2D eigenvalue weighted by atomic mass is 32.2. The maximum absolute atomic E-state index is 13.5. The van der Waals surface area contributed by atoms with E-state index in [0.717, 1.165) is 0 Å². The lowest BCUT2D eigenvalue weighted by Gasteiger charge is -2.32. The minimum absolute atomic E-state index is 0.0127. The van der Waals surface area contributed by atoms with E-state index in [2.05, 4.69) is 5.43 Å². The van der Waals surface area contributed by atoms with Crippen molar-refractivity contribution in [2.75, 3.05) is 5.88 Å². The normalized spacial score (nSPS) is 43.0. The number of hydrogen-bond donors (Lipinski definition) is 1. The van der Waals surface area contributed by atoms with Gasteiger partial charge in [0.2, 0.25) is 0 Å². The van der Waals surface area contributed by atoms with Gasteiger partial charge in [0.15, 0.2) is 0 Å². The van der Waals surface area contributed by atoms with Crippen LogP contribution < -0.4 is 5.43 Å². The van der Waals surface area contributed by atoms with Crippen molar-refractivity contribution in [3.05, 3.63) is 0 Å². The van der Waals surface area contributed by atoms with E-state index >= 15 is 0 Å². The van der Waals surface area contributed by atoms with Gasteiger partial charge in [-0.2, -0.15) is 0 Å². The lowest BCUT2D eigenvalue weighted by atomic mass is 9.92. The molecule has 0 radical (unpaired) electrons. The van der Waals surface area contributed by atoms with Gasteiger partial charge in [0.1, 0.15) is 0 Å². The fourth-order valence-corrected chi connectivity index (χ4v) is 4.82. The smallest absolute Gasteiger partial charge is 0.253 e. The van der Waals surface area contributed by atoms with Crippen LogP contribution in [-0.4, -0.2) is 33.5 Å². The van der Waals surface area contributed by atoms with E-state index in [-0.39, 0.29) is 30.2 Å². The summed E-state index contributed by atoms with van der Waals surface area (Å²) in [6.45, 7) is 6.07. The van der Waals surface area contributed by atoms with E-state index in [1.165, 1.54) is 0 Å². The Kier molecular flexibility index (Phi) is 3.33. The number of thioether (sulfide) groups is 1. The number of hydrazine groups is 1. The van der Waals surface area contributed by atoms with Crippen LogP contribution in [0.1, 0.15) is 40.0 Å². The lowest BCUT2D eigenvalue weighted by molar-refractivity contribution is -0.136. The van der Waals surface area contributed by atoms with E-state index in [1.807, 2.05) is 20.8 Å². The van der Waals surface area contributed by atoms with Crippen LogP contribution in [0.3, 0.4) is 0 Å². The summed E-state index contributed by atoms with van der Waals surface area (Å²) in [5.41, 5.74) is 3.24. The highest BCUT2D eigenvalue weighted by Crippen LogP contribution is 2.54. The van der Waals surface area contributed by atoms with Gasteiger partial charge < -0.3 is 0 Å². The van der Waals surface area contributed by atoms with E-state index in [9.17, 15) is 13.6 Å². The minimum atomic E-state index is -2.49. The molecule has 0 spiro atoms. The predicted molar refractivity (Wildman–Crippen MR) is 75.2 cm³/mol. The van der Waals surface area contributed by atoms with Crippen molar-refractivity contribution in [3.8, 4) is 0 Å². The van der Waals surface area contributed by atoms with Crippen molar-refractivity contribution in [1.82, 2.24) is 10.4 Å². The van der Waals surface area contributed by atoms with Gasteiger partial charge >= 0.3 is 0 Å². The Morgan fingerprint density at radius 1 is 1.40 bits per heavy atom. The fourth-order valence-electron chi connectivity index (χ4n) is 3.67. The van der Waals surface area contributed by atoms with Crippen molar-refractivity contribution in [2.45, 2.75) is 56.7 Å². The number of amides is 1. The molecule has 1 heterocycles. The van der Waals surface area contributed by atoms with Crippen LogP contribution in [-0.2, 0) is 4.79 Å². The number of rotatable bonds is 3. The molecular formula is C14H22F2N2OS. The molecule has 0 aromatic heterocycles. The van der Waals surface area contributed by atoms with Crippen LogP contribution in [0.5, 0.6) is 0 Å². The van der Waals surface area contributed by atoms with Crippen molar-refractivity contribution in [1.29, 1.82) is 0 Å². The average Bonchev–Trinajstić information content (AvgIpc) is 2.95. The van der Waals surface area contributed by atoms with Gasteiger partial charge in [-0.25, -0.2) is 14.2 Å². The van der Waals surface area contributed by atoms with Gasteiger partial charge in [0.05, 0.1) is 10.6 Å². The summed E-state index contributed by atoms with van der Waals surface area (Å²) in [6, 6.07) is 0.0405. The second-order valence-electron chi connectivity index (χ2n) is 6.90. The van der Waals surface area contributed by atoms with Crippen molar-refractivity contribution >= 4 is 17.7 Å². The molecule has 3 fully saturated rings. The number of halogens is 2. The number of carbonyl (C=O) groups is 1. The first-order valence-corrected chi connectivity index (χ1v) is 8.32. The zero-order valence-electron chi connectivity index (χ0n) is 12.2. The monoisotopic (exact) mass is 304 g/mol. The van der Waals surface area contributed by atoms with Crippen LogP contribution in [0.15, 0.2) is 0 Å². The van der Waals surface area contributed by atoms with Gasteiger partial charge in [-0.05, 0) is 31.6 Å². The molecule has 1 saturated heterocycles. The highest BCUT2D eigenvalue weighted by Gasteiger charge is 2.57. The minimum Gasteiger partial charge on any atom is -0.272 e. The first kappa shape index (κ1) is 14.6. The molecule has 4 atom stereocenters. The van der Waals surface area contributed by atoms with E-state index in [4.69, 9.17) is 0 Å². The Bertz CT molecular complexity index is 431. The third kappa shape index (κ3) is 2.06. The average molecular weight is 304 g/mol. The van der Waals surface area contributed by atoms with Gasteiger partial charge in [-0.1, -0.05) is 13.8 Å². The second-order valence-corrected chi connectivity index (χ2v) is 8.29. The van der Waals surface area contributed by atoms with Crippen LogP contribution in [0.4, 0.5) is 8.78 Å². The molecule has 1 N–H and O–H groups in total. The number of hydrogen-bond acceptors (Lipinski definition) is 3. The topological polar surface area (TPSA) is 32.3 Å². The maximum Gasteiger partial charge on any atom is 0.253 e. The Hall–Kier alpha value is -0.360. The highest BCUT2D eigenvalue weighted by molar-refractivity contribution is 8.01. The summed E-state index contributed by atoms with van der Waals surface area (Å²) in [5.74, 6) is -2.01. The van der Waals surface area contributed by atoms with Crippen LogP contribution in [0.2, 0.25) is 0 Å². The van der Waals surface area contributed by atoms with Crippen LogP contribution in [0.25, 0.3) is 0 Å². The number of carbonyl (C=O) groups excluding carboxylic acids is 1. The number of nitrogens with zero attached hydrogens (tertiary/aromatic N) is 1. The van der Waals surface area contributed by atoms with Crippen molar-refractivity contribution in [3.63, 3.8) is 0 Å². The molecule has 114 valence electrons. The summed E-state index contributed by atoms with van der Waals surface area (Å²) in [7, 11) is 0. The standard InChI is InChI=1S/C14H22F2N2OS/c1-8(2)13(3)12(19)18(7-20-13)17-11-5-10-4-9(11)6-14(10,15)16/h8-11,17H,4-7H2,1-3H3. The van der Waals surface area contributed by atoms with E-state index < -0.39 is 16.6 Å². The molecule has 2 saturated carbocycles. The molecular weight excluding hydrogens is 282 g/mol. The lowest BCUT2D eigenvalue weighted by Crippen LogP contribution is -2.52. The van der Waals surface area contributed by atoms with Gasteiger partial charge in [0, 0.05) is 18.4 Å². The zero-order chi connectivity index (χ0) is 14.7. The first-order chi connectivity index (χ1) is 9.24. The molecule has 3 nitrogen and oxygen atoms in total. The third-order valence-corrected chi connectivity index (χ3v) is 7.05. The zero-order valence-corrected chi connectivity index (χ0v) is 13.0. The SMILES string of the molecule is CC(C)C1(C)SCN(NC2CC3CC2CC3(F)F)C1=O. The molecule has 3 rings (SSSR count). The summed E-state index contributed by atoms with van der Waals surface area (Å²) in [6.07, 6.45) is 1.07. The number of alkyl halides is 2. The summed E-state index contributed by atoms with van der Waals surface area (Å²) >= 11 is 1.64. The van der Waals surface area contributed by atoms with Crippen molar-refractivity contribution in [2.24, 2.45) is 17.8 Å². The van der Waals surface area contributed by atoms with E-state index in [1.54, 1.807) is 16.8 Å². The quantitative estimate of drug-likeness (QED) is 0.870. The maximum atomic E-state index is 13.5. The Balaban J connectivity index is 1.63. The summed E-state index contributed by atoms with van der Waals surface area (Å²) in [5, 5.41) is 1.66. The van der Waals surface area contributed by atoms with Crippen LogP contribution >= 0.6 is 11.8 Å².